The Labute approximate surface area is 127 Å². The summed E-state index contributed by atoms with van der Waals surface area (Å²) in [5.41, 5.74) is 0. The lowest BCUT2D eigenvalue weighted by Crippen LogP contribution is -2.50. The first-order valence-corrected chi connectivity index (χ1v) is 9.50. The molecule has 0 aromatic heterocycles. The lowest BCUT2D eigenvalue weighted by Gasteiger charge is -2.36. The molecule has 3 unspecified atom stereocenters. The maximum atomic E-state index is 12.9. The summed E-state index contributed by atoms with van der Waals surface area (Å²) in [6.45, 7) is 1.03. The van der Waals surface area contributed by atoms with Crippen LogP contribution in [0.5, 0.6) is 0 Å². The number of likely N-dealkylation sites (tertiary alicyclic amines) is 1. The number of hydrogen-bond donors (Lipinski definition) is 1. The van der Waals surface area contributed by atoms with E-state index in [1.54, 1.807) is 0 Å². The van der Waals surface area contributed by atoms with Crippen molar-refractivity contribution < 1.29 is 4.79 Å². The maximum absolute atomic E-state index is 12.9. The number of thioether (sulfide) groups is 1. The van der Waals surface area contributed by atoms with Crippen molar-refractivity contribution >= 4 is 17.7 Å². The second-order valence-corrected chi connectivity index (χ2v) is 7.95. The first-order valence-electron chi connectivity index (χ1n) is 8.35. The van der Waals surface area contributed by atoms with E-state index in [2.05, 4.69) is 22.0 Å². The molecule has 4 heteroatoms. The Morgan fingerprint density at radius 3 is 2.70 bits per heavy atom. The van der Waals surface area contributed by atoms with Gasteiger partial charge in [0.05, 0.1) is 6.04 Å². The van der Waals surface area contributed by atoms with Crippen molar-refractivity contribution in [2.45, 2.75) is 57.0 Å². The van der Waals surface area contributed by atoms with Gasteiger partial charge in [-0.1, -0.05) is 6.42 Å². The Hall–Kier alpha value is -0.220. The average Bonchev–Trinajstić information content (AvgIpc) is 2.90. The summed E-state index contributed by atoms with van der Waals surface area (Å²) < 4.78 is 0. The molecule has 3 atom stereocenters. The highest BCUT2D eigenvalue weighted by Crippen LogP contribution is 2.37. The van der Waals surface area contributed by atoms with E-state index >= 15 is 0 Å². The predicted molar refractivity (Wildman–Crippen MR) is 85.0 cm³/mol. The van der Waals surface area contributed by atoms with Crippen molar-refractivity contribution in [3.05, 3.63) is 0 Å². The van der Waals surface area contributed by atoms with Gasteiger partial charge in [0.1, 0.15) is 0 Å². The summed E-state index contributed by atoms with van der Waals surface area (Å²) in [6.07, 6.45) is 8.78. The van der Waals surface area contributed by atoms with E-state index in [9.17, 15) is 4.79 Å². The monoisotopic (exact) mass is 296 g/mol. The number of rotatable bonds is 3. The molecular formula is C16H28N2OS. The number of carbonyl (C=O) groups is 1. The zero-order valence-electron chi connectivity index (χ0n) is 12.6. The fourth-order valence-corrected chi connectivity index (χ4v) is 5.54. The molecular weight excluding hydrogens is 268 g/mol. The Bertz CT molecular complexity index is 343. The number of amides is 1. The van der Waals surface area contributed by atoms with Crippen molar-refractivity contribution in [3.8, 4) is 0 Å². The lowest BCUT2D eigenvalue weighted by atomic mass is 9.96. The molecule has 1 amide bonds. The molecule has 0 aromatic carbocycles. The van der Waals surface area contributed by atoms with Gasteiger partial charge in [-0.15, -0.1) is 0 Å². The second-order valence-electron chi connectivity index (χ2n) is 6.72. The fraction of sp³-hybridized carbons (Fsp3) is 0.938. The van der Waals surface area contributed by atoms with E-state index in [0.717, 1.165) is 24.8 Å². The minimum atomic E-state index is 0.0681. The first-order chi connectivity index (χ1) is 9.79. The quantitative estimate of drug-likeness (QED) is 0.868. The van der Waals surface area contributed by atoms with E-state index < -0.39 is 0 Å². The molecule has 2 aliphatic heterocycles. The van der Waals surface area contributed by atoms with Gasteiger partial charge in [-0.3, -0.25) is 4.79 Å². The first kappa shape index (κ1) is 14.7. The summed E-state index contributed by atoms with van der Waals surface area (Å²) in [6, 6.07) is 0.619. The van der Waals surface area contributed by atoms with Gasteiger partial charge in [0.25, 0.3) is 0 Å². The topological polar surface area (TPSA) is 32.3 Å². The molecule has 2 heterocycles. The third kappa shape index (κ3) is 3.01. The molecule has 0 radical (unpaired) electrons. The van der Waals surface area contributed by atoms with Crippen molar-refractivity contribution in [1.29, 1.82) is 0 Å². The van der Waals surface area contributed by atoms with E-state index in [-0.39, 0.29) is 6.04 Å². The van der Waals surface area contributed by atoms with E-state index in [1.807, 2.05) is 7.05 Å². The van der Waals surface area contributed by atoms with Gasteiger partial charge in [-0.2, -0.15) is 11.8 Å². The van der Waals surface area contributed by atoms with Crippen LogP contribution in [0.3, 0.4) is 0 Å². The minimum absolute atomic E-state index is 0.0681. The molecule has 0 aromatic rings. The molecule has 1 saturated carbocycles. The summed E-state index contributed by atoms with van der Waals surface area (Å²) in [5.74, 6) is 4.49. The van der Waals surface area contributed by atoms with Gasteiger partial charge in [0.15, 0.2) is 0 Å². The van der Waals surface area contributed by atoms with Crippen LogP contribution in [-0.2, 0) is 4.79 Å². The van der Waals surface area contributed by atoms with Crippen LogP contribution in [-0.4, -0.2) is 48.0 Å². The van der Waals surface area contributed by atoms with Crippen LogP contribution in [0, 0.1) is 11.8 Å². The predicted octanol–water partition coefficient (Wildman–Crippen LogP) is 2.51. The molecule has 3 nitrogen and oxygen atoms in total. The molecule has 0 bridgehead atoms. The van der Waals surface area contributed by atoms with Crippen LogP contribution in [0.4, 0.5) is 0 Å². The van der Waals surface area contributed by atoms with Crippen LogP contribution in [0.2, 0.25) is 0 Å². The Morgan fingerprint density at radius 2 is 1.95 bits per heavy atom. The highest BCUT2D eigenvalue weighted by Gasteiger charge is 2.40. The maximum Gasteiger partial charge on any atom is 0.239 e. The number of fused-ring (bicyclic) bond motifs is 1. The number of hydrogen-bond acceptors (Lipinski definition) is 3. The van der Waals surface area contributed by atoms with Crippen LogP contribution in [0.1, 0.15) is 44.9 Å². The lowest BCUT2D eigenvalue weighted by molar-refractivity contribution is -0.136. The summed E-state index contributed by atoms with van der Waals surface area (Å²) >= 11 is 2.07. The summed E-state index contributed by atoms with van der Waals surface area (Å²) in [7, 11) is 1.94. The molecule has 2 saturated heterocycles. The molecule has 3 rings (SSSR count). The molecule has 0 spiro atoms. The molecule has 20 heavy (non-hydrogen) atoms. The Balaban J connectivity index is 1.73. The number of nitrogens with one attached hydrogen (secondary N) is 1. The third-order valence-corrected chi connectivity index (χ3v) is 6.62. The van der Waals surface area contributed by atoms with Crippen LogP contribution in [0.15, 0.2) is 0 Å². The van der Waals surface area contributed by atoms with Gasteiger partial charge in [0.2, 0.25) is 5.91 Å². The van der Waals surface area contributed by atoms with Gasteiger partial charge in [-0.05, 0) is 68.9 Å². The van der Waals surface area contributed by atoms with E-state index in [4.69, 9.17) is 0 Å². The molecule has 3 aliphatic rings. The van der Waals surface area contributed by atoms with Crippen LogP contribution in [0.25, 0.3) is 0 Å². The zero-order chi connectivity index (χ0) is 13.9. The van der Waals surface area contributed by atoms with Crippen molar-refractivity contribution in [2.75, 3.05) is 25.1 Å². The zero-order valence-corrected chi connectivity index (χ0v) is 13.5. The highest BCUT2D eigenvalue weighted by molar-refractivity contribution is 7.99. The normalized spacial score (nSPS) is 36.0. The third-order valence-electron chi connectivity index (χ3n) is 5.57. The van der Waals surface area contributed by atoms with Crippen molar-refractivity contribution in [3.63, 3.8) is 0 Å². The number of carbonyl (C=O) groups excluding carboxylic acids is 1. The van der Waals surface area contributed by atoms with Crippen molar-refractivity contribution in [1.82, 2.24) is 10.2 Å². The number of likely N-dealkylation sites (N-methyl/N-ethyl adjacent to an activating group) is 1. The molecule has 1 aliphatic carbocycles. The smallest absolute Gasteiger partial charge is 0.239 e. The molecule has 1 N–H and O–H groups in total. The average molecular weight is 296 g/mol. The van der Waals surface area contributed by atoms with Gasteiger partial charge in [-0.25, -0.2) is 0 Å². The van der Waals surface area contributed by atoms with Gasteiger partial charge < -0.3 is 10.2 Å². The van der Waals surface area contributed by atoms with Crippen LogP contribution >= 0.6 is 11.8 Å². The minimum Gasteiger partial charge on any atom is -0.338 e. The fourth-order valence-electron chi connectivity index (χ4n) is 4.33. The van der Waals surface area contributed by atoms with Crippen molar-refractivity contribution in [2.24, 2.45) is 11.8 Å². The SMILES string of the molecule is CNC1CCC2CCCC2N(CC2CCSCC2)C1=O. The van der Waals surface area contributed by atoms with Crippen LogP contribution < -0.4 is 5.32 Å². The van der Waals surface area contributed by atoms with Gasteiger partial charge >= 0.3 is 0 Å². The second kappa shape index (κ2) is 6.69. The highest BCUT2D eigenvalue weighted by atomic mass is 32.2. The summed E-state index contributed by atoms with van der Waals surface area (Å²) in [4.78, 5) is 15.1. The molecule has 114 valence electrons. The largest absolute Gasteiger partial charge is 0.338 e. The summed E-state index contributed by atoms with van der Waals surface area (Å²) in [5, 5.41) is 3.25. The Morgan fingerprint density at radius 1 is 1.15 bits per heavy atom. The van der Waals surface area contributed by atoms with Gasteiger partial charge in [0, 0.05) is 12.6 Å². The van der Waals surface area contributed by atoms with E-state index in [0.29, 0.717) is 11.9 Å². The van der Waals surface area contributed by atoms with E-state index in [1.165, 1.54) is 50.0 Å². The molecule has 3 fully saturated rings. The number of nitrogens with zero attached hydrogens (tertiary/aromatic N) is 1. The standard InChI is InChI=1S/C16H28N2OS/c1-17-14-6-5-13-3-2-4-15(13)18(16(14)19)11-12-7-9-20-10-8-12/h12-15,17H,2-11H2,1H3. The Kier molecular flexibility index (Phi) is 4.92.